The van der Waals surface area contributed by atoms with Crippen molar-refractivity contribution in [1.82, 2.24) is 0 Å². The fraction of sp³-hybridized carbons (Fsp3) is 0.333. The maximum absolute atomic E-state index is 5.22. The van der Waals surface area contributed by atoms with Crippen LogP contribution in [0.5, 0.6) is 5.75 Å². The summed E-state index contributed by atoms with van der Waals surface area (Å²) in [4.78, 5) is 0. The van der Waals surface area contributed by atoms with E-state index in [9.17, 15) is 0 Å². The van der Waals surface area contributed by atoms with Crippen LogP contribution in [-0.4, -0.2) is 7.11 Å². The number of fused-ring (bicyclic) bond motifs is 5. The van der Waals surface area contributed by atoms with E-state index < -0.39 is 0 Å². The van der Waals surface area contributed by atoms with Gasteiger partial charge in [0, 0.05) is 11.8 Å². The highest BCUT2D eigenvalue weighted by molar-refractivity contribution is 5.50. The highest BCUT2D eigenvalue weighted by Gasteiger charge is 2.32. The number of benzene rings is 1. The summed E-state index contributed by atoms with van der Waals surface area (Å²) in [5.41, 5.74) is 2.99. The van der Waals surface area contributed by atoms with E-state index in [2.05, 4.69) is 30.4 Å². The van der Waals surface area contributed by atoms with Crippen molar-refractivity contribution in [2.45, 2.75) is 18.3 Å². The van der Waals surface area contributed by atoms with Crippen LogP contribution < -0.4 is 4.74 Å². The first-order chi connectivity index (χ1) is 6.38. The molecule has 1 heteroatoms. The van der Waals surface area contributed by atoms with Gasteiger partial charge >= 0.3 is 0 Å². The lowest BCUT2D eigenvalue weighted by Gasteiger charge is -2.11. The van der Waals surface area contributed by atoms with Gasteiger partial charge in [-0.25, -0.2) is 0 Å². The van der Waals surface area contributed by atoms with Crippen molar-refractivity contribution in [3.8, 4) is 5.75 Å². The summed E-state index contributed by atoms with van der Waals surface area (Å²) >= 11 is 0. The highest BCUT2D eigenvalue weighted by Crippen LogP contribution is 2.49. The van der Waals surface area contributed by atoms with E-state index in [1.807, 2.05) is 0 Å². The minimum Gasteiger partial charge on any atom is -0.497 e. The molecule has 0 saturated carbocycles. The Morgan fingerprint density at radius 3 is 2.69 bits per heavy atom. The fourth-order valence-electron chi connectivity index (χ4n) is 2.50. The number of allylic oxidation sites excluding steroid dienone is 2. The SMILES string of the molecule is COc1ccc2c(c1)[C@H]1C=C[C@H]2C1. The summed E-state index contributed by atoms with van der Waals surface area (Å²) in [6.07, 6.45) is 5.94. The van der Waals surface area contributed by atoms with E-state index in [0.717, 1.165) is 5.75 Å². The van der Waals surface area contributed by atoms with Gasteiger partial charge in [-0.2, -0.15) is 0 Å². The molecule has 0 spiro atoms. The van der Waals surface area contributed by atoms with Crippen molar-refractivity contribution in [3.63, 3.8) is 0 Å². The second kappa shape index (κ2) is 2.38. The second-order valence-corrected chi connectivity index (χ2v) is 3.83. The maximum Gasteiger partial charge on any atom is 0.119 e. The molecule has 66 valence electrons. The molecule has 0 heterocycles. The molecule has 0 aromatic heterocycles. The first-order valence-corrected chi connectivity index (χ1v) is 4.74. The highest BCUT2D eigenvalue weighted by atomic mass is 16.5. The summed E-state index contributed by atoms with van der Waals surface area (Å²) < 4.78 is 5.22. The zero-order valence-electron chi connectivity index (χ0n) is 7.66. The summed E-state index contributed by atoms with van der Waals surface area (Å²) in [5.74, 6) is 2.33. The second-order valence-electron chi connectivity index (χ2n) is 3.83. The molecule has 0 N–H and O–H groups in total. The molecule has 1 aromatic carbocycles. The molecule has 0 unspecified atom stereocenters. The maximum atomic E-state index is 5.22. The quantitative estimate of drug-likeness (QED) is 0.592. The third kappa shape index (κ3) is 0.873. The summed E-state index contributed by atoms with van der Waals surface area (Å²) in [5, 5.41) is 0. The van der Waals surface area contributed by atoms with E-state index in [0.29, 0.717) is 11.8 Å². The van der Waals surface area contributed by atoms with E-state index in [1.54, 1.807) is 7.11 Å². The predicted octanol–water partition coefficient (Wildman–Crippen LogP) is 2.84. The Kier molecular flexibility index (Phi) is 1.32. The van der Waals surface area contributed by atoms with Crippen LogP contribution in [0.15, 0.2) is 30.4 Å². The molecule has 13 heavy (non-hydrogen) atoms. The largest absolute Gasteiger partial charge is 0.497 e. The standard InChI is InChI=1S/C12H12O/c1-13-10-4-5-11-8-2-3-9(6-8)12(11)7-10/h2-5,7-9H,6H2,1H3/t8-,9-/m0/s1. The topological polar surface area (TPSA) is 9.23 Å². The van der Waals surface area contributed by atoms with Crippen molar-refractivity contribution in [2.75, 3.05) is 7.11 Å². The molecular weight excluding hydrogens is 160 g/mol. The number of hydrogen-bond donors (Lipinski definition) is 0. The van der Waals surface area contributed by atoms with Gasteiger partial charge in [0.1, 0.15) is 5.75 Å². The molecule has 0 aliphatic heterocycles. The van der Waals surface area contributed by atoms with Crippen LogP contribution in [0.25, 0.3) is 0 Å². The molecular formula is C12H12O. The van der Waals surface area contributed by atoms with E-state index in [1.165, 1.54) is 17.5 Å². The summed E-state index contributed by atoms with van der Waals surface area (Å²) in [7, 11) is 1.73. The van der Waals surface area contributed by atoms with Gasteiger partial charge < -0.3 is 4.74 Å². The normalized spacial score (nSPS) is 27.8. The van der Waals surface area contributed by atoms with Gasteiger partial charge in [-0.3, -0.25) is 0 Å². The number of ether oxygens (including phenoxy) is 1. The summed E-state index contributed by atoms with van der Waals surface area (Å²) in [6.45, 7) is 0. The van der Waals surface area contributed by atoms with Gasteiger partial charge in [-0.15, -0.1) is 0 Å². The van der Waals surface area contributed by atoms with Gasteiger partial charge in [-0.05, 0) is 29.7 Å². The minimum atomic E-state index is 0.662. The number of methoxy groups -OCH3 is 1. The Balaban J connectivity index is 2.14. The predicted molar refractivity (Wildman–Crippen MR) is 52.2 cm³/mol. The Morgan fingerprint density at radius 1 is 1.15 bits per heavy atom. The fourth-order valence-corrected chi connectivity index (χ4v) is 2.50. The summed E-state index contributed by atoms with van der Waals surface area (Å²) in [6, 6.07) is 6.46. The van der Waals surface area contributed by atoms with Gasteiger partial charge in [0.25, 0.3) is 0 Å². The van der Waals surface area contributed by atoms with Crippen LogP contribution >= 0.6 is 0 Å². The van der Waals surface area contributed by atoms with Crippen molar-refractivity contribution in [2.24, 2.45) is 0 Å². The lowest BCUT2D eigenvalue weighted by Crippen LogP contribution is -1.93. The average Bonchev–Trinajstić information content (AvgIpc) is 2.77. The van der Waals surface area contributed by atoms with Gasteiger partial charge in [0.15, 0.2) is 0 Å². The van der Waals surface area contributed by atoms with Gasteiger partial charge in [-0.1, -0.05) is 18.2 Å². The van der Waals surface area contributed by atoms with Crippen molar-refractivity contribution >= 4 is 0 Å². The molecule has 0 fully saturated rings. The Bertz CT molecular complexity index is 379. The van der Waals surface area contributed by atoms with Crippen LogP contribution in [0, 0.1) is 0 Å². The molecule has 0 amide bonds. The molecule has 1 aromatic rings. The van der Waals surface area contributed by atoms with Crippen molar-refractivity contribution < 1.29 is 4.74 Å². The van der Waals surface area contributed by atoms with E-state index >= 15 is 0 Å². The first-order valence-electron chi connectivity index (χ1n) is 4.74. The Labute approximate surface area is 78.0 Å². The Morgan fingerprint density at radius 2 is 1.92 bits per heavy atom. The van der Waals surface area contributed by atoms with Crippen molar-refractivity contribution in [1.29, 1.82) is 0 Å². The van der Waals surface area contributed by atoms with E-state index in [-0.39, 0.29) is 0 Å². The monoisotopic (exact) mass is 172 g/mol. The molecule has 0 saturated heterocycles. The van der Waals surface area contributed by atoms with Gasteiger partial charge in [0.05, 0.1) is 7.11 Å². The lowest BCUT2D eigenvalue weighted by molar-refractivity contribution is 0.414. The lowest BCUT2D eigenvalue weighted by atomic mass is 9.97. The molecule has 2 aliphatic rings. The van der Waals surface area contributed by atoms with Crippen LogP contribution in [0.2, 0.25) is 0 Å². The van der Waals surface area contributed by atoms with Crippen LogP contribution in [0.1, 0.15) is 29.4 Å². The third-order valence-corrected chi connectivity index (χ3v) is 3.18. The molecule has 2 atom stereocenters. The number of rotatable bonds is 1. The van der Waals surface area contributed by atoms with Crippen LogP contribution in [0.3, 0.4) is 0 Å². The Hall–Kier alpha value is -1.24. The average molecular weight is 172 g/mol. The smallest absolute Gasteiger partial charge is 0.119 e. The molecule has 2 bridgehead atoms. The van der Waals surface area contributed by atoms with Gasteiger partial charge in [0.2, 0.25) is 0 Å². The number of hydrogen-bond acceptors (Lipinski definition) is 1. The molecule has 2 aliphatic carbocycles. The zero-order valence-corrected chi connectivity index (χ0v) is 7.66. The first kappa shape index (κ1) is 7.19. The minimum absolute atomic E-state index is 0.662. The van der Waals surface area contributed by atoms with Crippen LogP contribution in [-0.2, 0) is 0 Å². The zero-order chi connectivity index (χ0) is 8.84. The van der Waals surface area contributed by atoms with Crippen molar-refractivity contribution in [3.05, 3.63) is 41.5 Å². The van der Waals surface area contributed by atoms with E-state index in [4.69, 9.17) is 4.74 Å². The molecule has 3 rings (SSSR count). The van der Waals surface area contributed by atoms with Crippen LogP contribution in [0.4, 0.5) is 0 Å². The third-order valence-electron chi connectivity index (χ3n) is 3.18. The molecule has 0 radical (unpaired) electrons. The molecule has 1 nitrogen and oxygen atoms in total.